The fourth-order valence-corrected chi connectivity index (χ4v) is 4.22. The molecule has 3 rings (SSSR count). The van der Waals surface area contributed by atoms with E-state index in [1.54, 1.807) is 12.1 Å². The summed E-state index contributed by atoms with van der Waals surface area (Å²) in [4.78, 5) is 26.9. The molecule has 0 unspecified atom stereocenters. The maximum absolute atomic E-state index is 13.4. The third-order valence-corrected chi connectivity index (χ3v) is 5.22. The summed E-state index contributed by atoms with van der Waals surface area (Å²) in [6.07, 6.45) is 0. The Morgan fingerprint density at radius 2 is 0.821 bits per heavy atom. The normalized spacial score (nSPS) is 10.8. The number of aryl methyl sites for hydroxylation is 6. The van der Waals surface area contributed by atoms with E-state index in [2.05, 4.69) is 0 Å². The molecule has 0 radical (unpaired) electrons. The van der Waals surface area contributed by atoms with E-state index in [1.807, 2.05) is 77.9 Å². The highest BCUT2D eigenvalue weighted by atomic mass is 16.1. The predicted octanol–water partition coefficient (Wildman–Crippen LogP) is 6.00. The number of rotatable bonds is 4. The van der Waals surface area contributed by atoms with E-state index < -0.39 is 0 Å². The van der Waals surface area contributed by atoms with Gasteiger partial charge in [0.1, 0.15) is 0 Å². The van der Waals surface area contributed by atoms with Crippen LogP contribution in [0.3, 0.4) is 0 Å². The van der Waals surface area contributed by atoms with Crippen LogP contribution < -0.4 is 0 Å². The van der Waals surface area contributed by atoms with E-state index in [1.165, 1.54) is 0 Å². The monoisotopic (exact) mass is 370 g/mol. The summed E-state index contributed by atoms with van der Waals surface area (Å²) in [6, 6.07) is 15.2. The van der Waals surface area contributed by atoms with Crippen molar-refractivity contribution in [3.05, 3.63) is 104 Å². The molecule has 3 aromatic rings. The van der Waals surface area contributed by atoms with Crippen LogP contribution in [-0.2, 0) is 0 Å². The van der Waals surface area contributed by atoms with Gasteiger partial charge in [-0.1, -0.05) is 59.7 Å². The van der Waals surface area contributed by atoms with Gasteiger partial charge >= 0.3 is 0 Å². The van der Waals surface area contributed by atoms with Gasteiger partial charge in [0.15, 0.2) is 11.6 Å². The predicted molar refractivity (Wildman–Crippen MR) is 115 cm³/mol. The average molecular weight is 370 g/mol. The van der Waals surface area contributed by atoms with E-state index in [0.29, 0.717) is 22.3 Å². The molecule has 2 heteroatoms. The highest BCUT2D eigenvalue weighted by molar-refractivity contribution is 6.21. The highest BCUT2D eigenvalue weighted by Gasteiger charge is 2.23. The molecule has 2 nitrogen and oxygen atoms in total. The van der Waals surface area contributed by atoms with Crippen molar-refractivity contribution >= 4 is 11.6 Å². The first kappa shape index (κ1) is 19.8. The van der Waals surface area contributed by atoms with Crippen LogP contribution >= 0.6 is 0 Å². The van der Waals surface area contributed by atoms with Crippen molar-refractivity contribution in [1.29, 1.82) is 0 Å². The van der Waals surface area contributed by atoms with Gasteiger partial charge in [0.2, 0.25) is 0 Å². The zero-order chi connectivity index (χ0) is 20.6. The molecule has 0 atom stereocenters. The number of hydrogen-bond donors (Lipinski definition) is 0. The highest BCUT2D eigenvalue weighted by Crippen LogP contribution is 2.26. The van der Waals surface area contributed by atoms with Crippen LogP contribution in [-0.4, -0.2) is 11.6 Å². The molecule has 0 bridgehead atoms. The van der Waals surface area contributed by atoms with Crippen LogP contribution in [0, 0.1) is 41.5 Å². The van der Waals surface area contributed by atoms with Gasteiger partial charge in [-0.05, 0) is 63.8 Å². The number of carbonyl (C=O) groups excluding carboxylic acids is 2. The molecular formula is C26H26O2. The van der Waals surface area contributed by atoms with Crippen LogP contribution in [0.5, 0.6) is 0 Å². The quantitative estimate of drug-likeness (QED) is 0.528. The van der Waals surface area contributed by atoms with Gasteiger partial charge in [-0.3, -0.25) is 9.59 Å². The molecule has 0 heterocycles. The SMILES string of the molecule is Cc1cc(C)c(C(=O)c2ccccc2C(=O)c2c(C)cc(C)cc2C)c(C)c1. The molecule has 0 saturated carbocycles. The zero-order valence-corrected chi connectivity index (χ0v) is 17.4. The first-order valence-corrected chi connectivity index (χ1v) is 9.54. The number of hydrogen-bond acceptors (Lipinski definition) is 2. The van der Waals surface area contributed by atoms with Gasteiger partial charge in [-0.25, -0.2) is 0 Å². The van der Waals surface area contributed by atoms with Crippen LogP contribution in [0.15, 0.2) is 48.5 Å². The summed E-state index contributed by atoms with van der Waals surface area (Å²) in [5.74, 6) is -0.192. The Hall–Kier alpha value is -3.00. The molecule has 142 valence electrons. The van der Waals surface area contributed by atoms with Crippen molar-refractivity contribution in [2.24, 2.45) is 0 Å². The Bertz CT molecular complexity index is 969. The molecule has 0 fully saturated rings. The molecular weight excluding hydrogens is 344 g/mol. The summed E-state index contributed by atoms with van der Waals surface area (Å²) < 4.78 is 0. The van der Waals surface area contributed by atoms with Gasteiger partial charge < -0.3 is 0 Å². The molecule has 0 N–H and O–H groups in total. The molecule has 0 aliphatic rings. The van der Waals surface area contributed by atoms with E-state index in [9.17, 15) is 9.59 Å². The van der Waals surface area contributed by atoms with Crippen LogP contribution in [0.25, 0.3) is 0 Å². The average Bonchev–Trinajstić information content (AvgIpc) is 2.59. The lowest BCUT2D eigenvalue weighted by atomic mass is 9.87. The minimum atomic E-state index is -0.0960. The summed E-state index contributed by atoms with van der Waals surface area (Å²) in [6.45, 7) is 11.8. The second kappa shape index (κ2) is 7.55. The lowest BCUT2D eigenvalue weighted by Gasteiger charge is -2.15. The molecule has 0 saturated heterocycles. The minimum absolute atomic E-state index is 0.0960. The number of ketones is 2. The first-order chi connectivity index (χ1) is 13.2. The van der Waals surface area contributed by atoms with E-state index in [-0.39, 0.29) is 11.6 Å². The van der Waals surface area contributed by atoms with Crippen molar-refractivity contribution in [1.82, 2.24) is 0 Å². The molecule has 3 aromatic carbocycles. The topological polar surface area (TPSA) is 34.1 Å². The van der Waals surface area contributed by atoms with Crippen molar-refractivity contribution in [2.75, 3.05) is 0 Å². The minimum Gasteiger partial charge on any atom is -0.289 e. The van der Waals surface area contributed by atoms with Gasteiger partial charge in [0.25, 0.3) is 0 Å². The second-order valence-corrected chi connectivity index (χ2v) is 7.75. The fourth-order valence-electron chi connectivity index (χ4n) is 4.22. The number of benzene rings is 3. The lowest BCUT2D eigenvalue weighted by Crippen LogP contribution is -2.15. The van der Waals surface area contributed by atoms with Crippen molar-refractivity contribution < 1.29 is 9.59 Å². The van der Waals surface area contributed by atoms with E-state index >= 15 is 0 Å². The molecule has 0 aliphatic heterocycles. The standard InChI is InChI=1S/C26H26O2/c1-15-11-17(3)23(18(4)12-15)25(27)21-9-7-8-10-22(21)26(28)24-19(5)13-16(2)14-20(24)6/h7-14H,1-6H3. The van der Waals surface area contributed by atoms with Crippen LogP contribution in [0.4, 0.5) is 0 Å². The summed E-state index contributed by atoms with van der Waals surface area (Å²) >= 11 is 0. The fraction of sp³-hybridized carbons (Fsp3) is 0.231. The third kappa shape index (κ3) is 3.55. The molecule has 0 aromatic heterocycles. The van der Waals surface area contributed by atoms with Crippen molar-refractivity contribution in [3.8, 4) is 0 Å². The maximum Gasteiger partial charge on any atom is 0.194 e. The summed E-state index contributed by atoms with van der Waals surface area (Å²) in [5, 5.41) is 0. The van der Waals surface area contributed by atoms with E-state index in [0.717, 1.165) is 33.4 Å². The Kier molecular flexibility index (Phi) is 5.33. The molecule has 0 spiro atoms. The maximum atomic E-state index is 13.4. The van der Waals surface area contributed by atoms with Crippen molar-refractivity contribution in [2.45, 2.75) is 41.5 Å². The zero-order valence-electron chi connectivity index (χ0n) is 17.4. The first-order valence-electron chi connectivity index (χ1n) is 9.54. The second-order valence-electron chi connectivity index (χ2n) is 7.75. The van der Waals surface area contributed by atoms with Gasteiger partial charge in [-0.2, -0.15) is 0 Å². The molecule has 28 heavy (non-hydrogen) atoms. The van der Waals surface area contributed by atoms with Gasteiger partial charge in [0.05, 0.1) is 0 Å². The van der Waals surface area contributed by atoms with Crippen LogP contribution in [0.1, 0.15) is 65.2 Å². The van der Waals surface area contributed by atoms with Gasteiger partial charge in [-0.15, -0.1) is 0 Å². The summed E-state index contributed by atoms with van der Waals surface area (Å²) in [5.41, 5.74) is 8.29. The van der Waals surface area contributed by atoms with Gasteiger partial charge in [0, 0.05) is 22.3 Å². The van der Waals surface area contributed by atoms with E-state index in [4.69, 9.17) is 0 Å². The number of carbonyl (C=O) groups is 2. The lowest BCUT2D eigenvalue weighted by molar-refractivity contribution is 0.100. The Morgan fingerprint density at radius 1 is 0.536 bits per heavy atom. The van der Waals surface area contributed by atoms with Crippen LogP contribution in [0.2, 0.25) is 0 Å². The molecule has 0 aliphatic carbocycles. The largest absolute Gasteiger partial charge is 0.289 e. The summed E-state index contributed by atoms with van der Waals surface area (Å²) in [7, 11) is 0. The Balaban J connectivity index is 2.16. The smallest absolute Gasteiger partial charge is 0.194 e. The van der Waals surface area contributed by atoms with Crippen molar-refractivity contribution in [3.63, 3.8) is 0 Å². The Morgan fingerprint density at radius 3 is 1.11 bits per heavy atom. The third-order valence-electron chi connectivity index (χ3n) is 5.22. The molecule has 0 amide bonds. The Labute approximate surface area is 167 Å².